The Balaban J connectivity index is 1.43. The van der Waals surface area contributed by atoms with Crippen molar-refractivity contribution in [1.82, 2.24) is 24.8 Å². The molecule has 3 aromatic heterocycles. The third-order valence-corrected chi connectivity index (χ3v) is 5.32. The third-order valence-electron chi connectivity index (χ3n) is 5.32. The van der Waals surface area contributed by atoms with Crippen LogP contribution in [0.5, 0.6) is 0 Å². The van der Waals surface area contributed by atoms with Crippen LogP contribution in [0.15, 0.2) is 66.5 Å². The van der Waals surface area contributed by atoms with E-state index in [2.05, 4.69) is 26.2 Å². The highest BCUT2D eigenvalue weighted by atomic mass is 16.7. The molecule has 11 nitrogen and oxygen atoms in total. The van der Waals surface area contributed by atoms with Gasteiger partial charge in [0.15, 0.2) is 17.3 Å². The van der Waals surface area contributed by atoms with E-state index >= 15 is 0 Å². The van der Waals surface area contributed by atoms with Crippen LogP contribution < -0.4 is 21.1 Å². The molecule has 1 fully saturated rings. The Kier molecular flexibility index (Phi) is 5.39. The SMILES string of the molecule is CNc1cc(NC2=CC=CN(n3cccc3)C2=C=O)nc2c(C(=O)NOCC3CC3)cnn12. The number of fused-ring (bicyclic) bond motifs is 1. The van der Waals surface area contributed by atoms with Crippen LogP contribution in [0, 0.1) is 5.92 Å². The van der Waals surface area contributed by atoms with Gasteiger partial charge in [0.2, 0.25) is 0 Å². The van der Waals surface area contributed by atoms with Crippen LogP contribution in [0.3, 0.4) is 0 Å². The van der Waals surface area contributed by atoms with Gasteiger partial charge in [-0.1, -0.05) is 0 Å². The molecule has 5 rings (SSSR count). The molecule has 1 aliphatic carbocycles. The summed E-state index contributed by atoms with van der Waals surface area (Å²) in [5.41, 5.74) is 3.85. The number of anilines is 2. The zero-order chi connectivity index (χ0) is 22.8. The Bertz CT molecular complexity index is 1300. The summed E-state index contributed by atoms with van der Waals surface area (Å²) in [5.74, 6) is 3.10. The highest BCUT2D eigenvalue weighted by Gasteiger charge is 2.23. The molecule has 1 aliphatic heterocycles. The van der Waals surface area contributed by atoms with Crippen LogP contribution in [0.25, 0.3) is 5.65 Å². The molecule has 0 unspecified atom stereocenters. The lowest BCUT2D eigenvalue weighted by atomic mass is 10.2. The topological polar surface area (TPSA) is 118 Å². The number of hydrogen-bond donors (Lipinski definition) is 3. The van der Waals surface area contributed by atoms with E-state index in [1.54, 1.807) is 41.2 Å². The van der Waals surface area contributed by atoms with Gasteiger partial charge in [-0.2, -0.15) is 9.61 Å². The summed E-state index contributed by atoms with van der Waals surface area (Å²) in [4.78, 5) is 34.3. The molecule has 3 aromatic rings. The third kappa shape index (κ3) is 4.10. The average Bonchev–Trinajstić information content (AvgIpc) is 3.31. The summed E-state index contributed by atoms with van der Waals surface area (Å²) in [6, 6.07) is 5.45. The van der Waals surface area contributed by atoms with Crippen molar-refractivity contribution in [2.75, 3.05) is 29.3 Å². The first-order chi connectivity index (χ1) is 16.2. The molecule has 0 spiro atoms. The number of carbonyl (C=O) groups is 1. The van der Waals surface area contributed by atoms with Gasteiger partial charge in [-0.3, -0.25) is 14.3 Å². The first kappa shape index (κ1) is 20.6. The number of hydrogen-bond acceptors (Lipinski definition) is 8. The highest BCUT2D eigenvalue weighted by molar-refractivity contribution is 5.99. The number of amides is 1. The molecule has 33 heavy (non-hydrogen) atoms. The molecule has 0 aromatic carbocycles. The summed E-state index contributed by atoms with van der Waals surface area (Å²) >= 11 is 0. The van der Waals surface area contributed by atoms with E-state index < -0.39 is 5.91 Å². The molecule has 1 saturated carbocycles. The molecule has 0 radical (unpaired) electrons. The lowest BCUT2D eigenvalue weighted by molar-refractivity contribution is 0.0271. The average molecular weight is 446 g/mol. The Labute approximate surface area is 189 Å². The molecule has 2 aliphatic rings. The second-order valence-electron chi connectivity index (χ2n) is 7.66. The molecule has 4 heterocycles. The lowest BCUT2D eigenvalue weighted by Gasteiger charge is -2.26. The van der Waals surface area contributed by atoms with E-state index in [1.807, 2.05) is 30.5 Å². The fraction of sp³-hybridized carbons (Fsp3) is 0.227. The summed E-state index contributed by atoms with van der Waals surface area (Å²) in [7, 11) is 1.74. The maximum atomic E-state index is 12.6. The summed E-state index contributed by atoms with van der Waals surface area (Å²) in [6.45, 7) is 0.493. The molecule has 0 atom stereocenters. The molecular weight excluding hydrogens is 424 g/mol. The molecule has 11 heteroatoms. The zero-order valence-corrected chi connectivity index (χ0v) is 17.9. The van der Waals surface area contributed by atoms with Gasteiger partial charge in [0.25, 0.3) is 5.91 Å². The van der Waals surface area contributed by atoms with Crippen molar-refractivity contribution >= 4 is 29.1 Å². The van der Waals surface area contributed by atoms with E-state index in [9.17, 15) is 9.59 Å². The lowest BCUT2D eigenvalue weighted by Crippen LogP contribution is -2.31. The highest BCUT2D eigenvalue weighted by Crippen LogP contribution is 2.28. The first-order valence-corrected chi connectivity index (χ1v) is 10.5. The monoisotopic (exact) mass is 446 g/mol. The van der Waals surface area contributed by atoms with Crippen molar-refractivity contribution in [3.63, 3.8) is 0 Å². The number of carbonyl (C=O) groups excluding carboxylic acids is 2. The molecule has 0 saturated heterocycles. The second kappa shape index (κ2) is 8.65. The van der Waals surface area contributed by atoms with E-state index in [4.69, 9.17) is 4.84 Å². The van der Waals surface area contributed by atoms with Crippen LogP contribution in [0.1, 0.15) is 23.2 Å². The van der Waals surface area contributed by atoms with E-state index in [-0.39, 0.29) is 11.3 Å². The van der Waals surface area contributed by atoms with Crippen molar-refractivity contribution < 1.29 is 14.4 Å². The van der Waals surface area contributed by atoms with Crippen LogP contribution in [0.4, 0.5) is 11.6 Å². The minimum absolute atomic E-state index is 0.267. The summed E-state index contributed by atoms with van der Waals surface area (Å²) in [6.07, 6.45) is 12.6. The van der Waals surface area contributed by atoms with Gasteiger partial charge in [0.05, 0.1) is 18.5 Å². The van der Waals surface area contributed by atoms with Gasteiger partial charge in [-0.05, 0) is 43.0 Å². The Morgan fingerprint density at radius 1 is 1.30 bits per heavy atom. The number of rotatable bonds is 8. The van der Waals surface area contributed by atoms with Crippen molar-refractivity contribution in [2.45, 2.75) is 12.8 Å². The minimum Gasteiger partial charge on any atom is -0.373 e. The van der Waals surface area contributed by atoms with Crippen LogP contribution in [-0.2, 0) is 9.63 Å². The standard InChI is InChI=1S/C22H22N8O3/c1-23-20-11-19(25-17-5-4-10-29(18(17)13-31)28-8-2-3-9-28)26-21-16(12-24-30(20)21)22(32)27-33-14-15-6-7-15/h2-5,8-12,15,23H,6-7,14H2,1H3,(H,25,26)(H,27,32). The van der Waals surface area contributed by atoms with Crippen molar-refractivity contribution in [1.29, 1.82) is 0 Å². The second-order valence-corrected chi connectivity index (χ2v) is 7.66. The van der Waals surface area contributed by atoms with E-state index in [0.29, 0.717) is 35.5 Å². The first-order valence-electron chi connectivity index (χ1n) is 10.5. The fourth-order valence-corrected chi connectivity index (χ4v) is 3.43. The quantitative estimate of drug-likeness (QED) is 0.354. The van der Waals surface area contributed by atoms with Crippen molar-refractivity contribution in [2.24, 2.45) is 5.92 Å². The Morgan fingerprint density at radius 2 is 2.12 bits per heavy atom. The van der Waals surface area contributed by atoms with Gasteiger partial charge < -0.3 is 10.6 Å². The zero-order valence-electron chi connectivity index (χ0n) is 17.9. The smallest absolute Gasteiger partial charge is 0.280 e. The fourth-order valence-electron chi connectivity index (χ4n) is 3.43. The molecule has 1 amide bonds. The number of nitrogens with zero attached hydrogens (tertiary/aromatic N) is 5. The van der Waals surface area contributed by atoms with Crippen molar-refractivity contribution in [3.05, 3.63) is 72.1 Å². The van der Waals surface area contributed by atoms with Gasteiger partial charge in [0, 0.05) is 31.7 Å². The molecule has 168 valence electrons. The number of nitrogens with one attached hydrogen (secondary N) is 3. The Hall–Kier alpha value is -4.34. The molecule has 0 bridgehead atoms. The Morgan fingerprint density at radius 3 is 2.85 bits per heavy atom. The van der Waals surface area contributed by atoms with E-state index in [1.165, 1.54) is 10.7 Å². The van der Waals surface area contributed by atoms with Gasteiger partial charge in [-0.15, -0.1) is 0 Å². The van der Waals surface area contributed by atoms with Gasteiger partial charge >= 0.3 is 0 Å². The number of allylic oxidation sites excluding steroid dienone is 2. The van der Waals surface area contributed by atoms with Gasteiger partial charge in [-0.25, -0.2) is 20.3 Å². The maximum Gasteiger partial charge on any atom is 0.280 e. The maximum absolute atomic E-state index is 12.6. The minimum atomic E-state index is -0.426. The van der Waals surface area contributed by atoms with Gasteiger partial charge in [0.1, 0.15) is 17.2 Å². The summed E-state index contributed by atoms with van der Waals surface area (Å²) in [5, 5.41) is 12.1. The van der Waals surface area contributed by atoms with Crippen LogP contribution in [-0.4, -0.2) is 44.8 Å². The normalized spacial score (nSPS) is 15.4. The predicted octanol–water partition coefficient (Wildman–Crippen LogP) is 1.82. The molecule has 3 N–H and O–H groups in total. The largest absolute Gasteiger partial charge is 0.373 e. The van der Waals surface area contributed by atoms with E-state index in [0.717, 1.165) is 12.8 Å². The number of aromatic nitrogens is 4. The van der Waals surface area contributed by atoms with Crippen molar-refractivity contribution in [3.8, 4) is 0 Å². The summed E-state index contributed by atoms with van der Waals surface area (Å²) < 4.78 is 3.28. The van der Waals surface area contributed by atoms with Crippen LogP contribution >= 0.6 is 0 Å². The molecular formula is C22H22N8O3. The number of hydroxylamine groups is 1. The predicted molar refractivity (Wildman–Crippen MR) is 121 cm³/mol. The van der Waals surface area contributed by atoms with Crippen LogP contribution in [0.2, 0.25) is 0 Å².